The van der Waals surface area contributed by atoms with Crippen LogP contribution in [0.2, 0.25) is 0 Å². The number of fused-ring (bicyclic) bond motifs is 5. The van der Waals surface area contributed by atoms with Crippen LogP contribution in [0.25, 0.3) is 22.2 Å². The van der Waals surface area contributed by atoms with E-state index >= 15 is 4.79 Å². The van der Waals surface area contributed by atoms with Crippen molar-refractivity contribution in [1.82, 2.24) is 24.8 Å². The number of hydrogen-bond donors (Lipinski definition) is 3. The summed E-state index contributed by atoms with van der Waals surface area (Å²) in [5.41, 5.74) is -0.260. The number of aryl methyl sites for hydroxylation is 1. The molecule has 15 heteroatoms. The molecule has 1 aromatic heterocycles. The molecule has 2 saturated carbocycles. The molecule has 1 saturated heterocycles. The number of nitrogens with one attached hydrogen (secondary N) is 2. The number of carbonyl (C=O) groups excluding carboxylic acids is 3. The molecule has 1 spiro atoms. The van der Waals surface area contributed by atoms with Crippen molar-refractivity contribution in [2.24, 2.45) is 5.92 Å². The number of carbonyl (C=O) groups is 4. The van der Waals surface area contributed by atoms with Crippen molar-refractivity contribution >= 4 is 44.7 Å². The summed E-state index contributed by atoms with van der Waals surface area (Å²) in [6, 6.07) is 10.8. The second-order valence-corrected chi connectivity index (χ2v) is 19.5. The third-order valence-corrected chi connectivity index (χ3v) is 15.1. The fraction of sp³-hybridized carbons (Fsp3) is 0.512. The summed E-state index contributed by atoms with van der Waals surface area (Å²) in [5.74, 6) is -2.56. The molecule has 3 N–H and O–H groups in total. The molecule has 5 aliphatic rings. The molecule has 3 fully saturated rings. The van der Waals surface area contributed by atoms with Crippen molar-refractivity contribution in [2.75, 3.05) is 6.54 Å². The molecule has 8 rings (SSSR count). The first-order chi connectivity index (χ1) is 27.6. The molecule has 0 radical (unpaired) electrons. The molecular formula is C43H50FN5O8S. The normalized spacial score (nSPS) is 28.6. The molecule has 3 aromatic rings. The maximum atomic E-state index is 15.0. The zero-order chi connectivity index (χ0) is 41.2. The van der Waals surface area contributed by atoms with Gasteiger partial charge in [-0.3, -0.25) is 24.0 Å². The highest BCUT2D eigenvalue weighted by atomic mass is 32.2. The summed E-state index contributed by atoms with van der Waals surface area (Å²) >= 11 is 0. The summed E-state index contributed by atoms with van der Waals surface area (Å²) in [7, 11) is -4.04. The average molecular weight is 816 g/mol. The van der Waals surface area contributed by atoms with Crippen LogP contribution in [0, 0.1) is 11.7 Å². The second kappa shape index (κ2) is 14.6. The van der Waals surface area contributed by atoms with E-state index in [2.05, 4.69) is 10.0 Å². The van der Waals surface area contributed by atoms with Crippen LogP contribution in [-0.2, 0) is 30.8 Å². The van der Waals surface area contributed by atoms with Gasteiger partial charge in [-0.15, -0.1) is 0 Å². The lowest BCUT2D eigenvalue weighted by Crippen LogP contribution is -2.59. The number of benzene rings is 2. The Balaban J connectivity index is 1.20. The first-order valence-electron chi connectivity index (χ1n) is 20.3. The monoisotopic (exact) mass is 815 g/mol. The lowest BCUT2D eigenvalue weighted by Gasteiger charge is -2.38. The number of nitrogens with zero attached hydrogens (tertiary/aromatic N) is 3. The summed E-state index contributed by atoms with van der Waals surface area (Å²) in [4.78, 5) is 64.1. The maximum Gasteiger partial charge on any atom is 0.408 e. The van der Waals surface area contributed by atoms with E-state index in [-0.39, 0.29) is 25.8 Å². The van der Waals surface area contributed by atoms with Gasteiger partial charge < -0.3 is 20.1 Å². The van der Waals surface area contributed by atoms with Gasteiger partial charge in [-0.05, 0) is 90.3 Å². The smallest absolute Gasteiger partial charge is 0.408 e. The molecule has 2 aromatic carbocycles. The quantitative estimate of drug-likeness (QED) is 0.258. The minimum Gasteiger partial charge on any atom is -0.483 e. The van der Waals surface area contributed by atoms with Gasteiger partial charge in [0.15, 0.2) is 0 Å². The van der Waals surface area contributed by atoms with Gasteiger partial charge in [-0.1, -0.05) is 55.3 Å². The number of aromatic nitrogens is 1. The fourth-order valence-corrected chi connectivity index (χ4v) is 10.4. The van der Waals surface area contributed by atoms with Crippen LogP contribution in [0.4, 0.5) is 9.18 Å². The zero-order valence-electron chi connectivity index (χ0n) is 33.0. The van der Waals surface area contributed by atoms with Gasteiger partial charge >= 0.3 is 6.09 Å². The number of halogens is 1. The Morgan fingerprint density at radius 3 is 2.57 bits per heavy atom. The first-order valence-corrected chi connectivity index (χ1v) is 21.8. The van der Waals surface area contributed by atoms with Crippen LogP contribution in [0.3, 0.4) is 0 Å². The SMILES string of the molecule is CC(C)N(C(=O)O)[C@H]1CCCCC/C=C\[C@@H]2C[C@@]2(C(=O)NS(=O)(=O)C2(C)CC2)NC(=O)[C@@H]2C[C@]3(CCc4c(c(-c5cccc(F)c5)nc5ccccc45)O3)CN2C1=O. The second-order valence-electron chi connectivity index (χ2n) is 17.3. The molecule has 13 nitrogen and oxygen atoms in total. The standard InChI is InChI=1S/C43H50FN5O8S/c1-26(2)49(40(53)54)33-17-8-6-4-5-7-13-28-23-43(28,39(52)47-58(55,56)41(3)20-21-41)46-37(50)34-24-42(25-48(34)38(33)51)19-18-31-30-15-9-10-16-32(30)45-35(36(31)57-42)27-12-11-14-29(44)22-27/h7,9-16,22,26,28,33-34H,4-6,8,17-21,23-25H2,1-3H3,(H,46,50)(H,47,52)(H,53,54)/b13-7-/t28-,33+,34+,42-,43-/m1/s1. The Labute approximate surface area is 337 Å². The summed E-state index contributed by atoms with van der Waals surface area (Å²) < 4.78 is 49.4. The third kappa shape index (κ3) is 7.08. The van der Waals surface area contributed by atoms with Gasteiger partial charge in [0.1, 0.15) is 40.5 Å². The largest absolute Gasteiger partial charge is 0.483 e. The van der Waals surface area contributed by atoms with Crippen LogP contribution in [-0.4, -0.2) is 92.7 Å². The van der Waals surface area contributed by atoms with Crippen molar-refractivity contribution in [3.05, 3.63) is 72.1 Å². The van der Waals surface area contributed by atoms with Gasteiger partial charge in [0.05, 0.1) is 16.8 Å². The van der Waals surface area contributed by atoms with Crippen molar-refractivity contribution in [2.45, 2.75) is 125 Å². The number of allylic oxidation sites excluding steroid dienone is 1. The zero-order valence-corrected chi connectivity index (χ0v) is 33.8. The summed E-state index contributed by atoms with van der Waals surface area (Å²) in [6.45, 7) is 4.91. The van der Waals surface area contributed by atoms with Gasteiger partial charge in [0.2, 0.25) is 21.8 Å². The van der Waals surface area contributed by atoms with E-state index in [0.29, 0.717) is 67.5 Å². The minimum atomic E-state index is -4.04. The molecule has 4 amide bonds. The van der Waals surface area contributed by atoms with Crippen molar-refractivity contribution in [3.8, 4) is 17.0 Å². The number of pyridine rings is 1. The lowest BCUT2D eigenvalue weighted by atomic mass is 9.86. The number of hydrogen-bond acceptors (Lipinski definition) is 8. The first kappa shape index (κ1) is 39.8. The minimum absolute atomic E-state index is 0.00449. The van der Waals surface area contributed by atoms with E-state index in [0.717, 1.165) is 22.3 Å². The van der Waals surface area contributed by atoms with Crippen LogP contribution in [0.1, 0.15) is 90.5 Å². The highest BCUT2D eigenvalue weighted by Crippen LogP contribution is 2.50. The van der Waals surface area contributed by atoms with Crippen LogP contribution in [0.15, 0.2) is 60.7 Å². The third-order valence-electron chi connectivity index (χ3n) is 12.9. The van der Waals surface area contributed by atoms with E-state index < -0.39 is 79.6 Å². The Kier molecular flexibility index (Phi) is 10.0. The number of carboxylic acid groups (broad SMARTS) is 1. The Morgan fingerprint density at radius 2 is 1.84 bits per heavy atom. The molecule has 0 bridgehead atoms. The fourth-order valence-electron chi connectivity index (χ4n) is 9.13. The Morgan fingerprint density at radius 1 is 1.07 bits per heavy atom. The predicted molar refractivity (Wildman–Crippen MR) is 214 cm³/mol. The number of rotatable bonds is 6. The van der Waals surface area contributed by atoms with E-state index in [1.807, 2.05) is 36.4 Å². The molecule has 308 valence electrons. The molecule has 58 heavy (non-hydrogen) atoms. The molecule has 0 unspecified atom stereocenters. The van der Waals surface area contributed by atoms with Crippen LogP contribution >= 0.6 is 0 Å². The number of ether oxygens (including phenoxy) is 1. The highest BCUT2D eigenvalue weighted by molar-refractivity contribution is 7.91. The average Bonchev–Trinajstić information content (AvgIpc) is 4.07. The predicted octanol–water partition coefficient (Wildman–Crippen LogP) is 5.86. The Bertz CT molecular complexity index is 2330. The molecule has 5 atom stereocenters. The van der Waals surface area contributed by atoms with E-state index in [1.165, 1.54) is 17.0 Å². The maximum absolute atomic E-state index is 15.0. The molecule has 3 aliphatic heterocycles. The van der Waals surface area contributed by atoms with Crippen molar-refractivity contribution < 1.29 is 41.8 Å². The van der Waals surface area contributed by atoms with Crippen LogP contribution < -0.4 is 14.8 Å². The van der Waals surface area contributed by atoms with Gasteiger partial charge in [0, 0.05) is 34.9 Å². The van der Waals surface area contributed by atoms with Gasteiger partial charge in [-0.2, -0.15) is 0 Å². The van der Waals surface area contributed by atoms with Crippen molar-refractivity contribution in [3.63, 3.8) is 0 Å². The number of amides is 4. The van der Waals surface area contributed by atoms with Crippen LogP contribution in [0.5, 0.6) is 5.75 Å². The topological polar surface area (TPSA) is 175 Å². The van der Waals surface area contributed by atoms with Crippen molar-refractivity contribution in [1.29, 1.82) is 0 Å². The molecule has 4 heterocycles. The van der Waals surface area contributed by atoms with E-state index in [1.54, 1.807) is 32.9 Å². The van der Waals surface area contributed by atoms with Gasteiger partial charge in [-0.25, -0.2) is 22.6 Å². The highest BCUT2D eigenvalue weighted by Gasteiger charge is 2.64. The summed E-state index contributed by atoms with van der Waals surface area (Å²) in [6.07, 6.45) is 7.29. The molecular weight excluding hydrogens is 766 g/mol. The van der Waals surface area contributed by atoms with E-state index in [9.17, 15) is 32.3 Å². The summed E-state index contributed by atoms with van der Waals surface area (Å²) in [5, 5.41) is 14.2. The lowest BCUT2D eigenvalue weighted by molar-refractivity contribution is -0.144. The Hall–Kier alpha value is -5.05. The van der Waals surface area contributed by atoms with E-state index in [4.69, 9.17) is 9.72 Å². The number of para-hydroxylation sites is 1. The van der Waals surface area contributed by atoms with Gasteiger partial charge in [0.25, 0.3) is 5.91 Å². The number of sulfonamides is 1. The molecule has 2 aliphatic carbocycles.